The summed E-state index contributed by atoms with van der Waals surface area (Å²) in [5.41, 5.74) is 8.95. The van der Waals surface area contributed by atoms with E-state index >= 15 is 0 Å². The summed E-state index contributed by atoms with van der Waals surface area (Å²) in [6, 6.07) is 10.2. The number of rotatable bonds is 3. The van der Waals surface area contributed by atoms with Crippen LogP contribution in [-0.4, -0.2) is 12.0 Å². The summed E-state index contributed by atoms with van der Waals surface area (Å²) >= 11 is 0. The molecule has 0 spiro atoms. The topological polar surface area (TPSA) is 53.8 Å². The van der Waals surface area contributed by atoms with Gasteiger partial charge in [-0.15, -0.1) is 0 Å². The number of nitrogens with two attached hydrogens (primary N) is 1. The van der Waals surface area contributed by atoms with Crippen molar-refractivity contribution < 1.29 is 0 Å². The molecule has 0 saturated carbocycles. The molecule has 0 saturated heterocycles. The molecular weight excluding hydrogens is 186 g/mol. The van der Waals surface area contributed by atoms with Crippen LogP contribution in [0.4, 0.5) is 5.69 Å². The van der Waals surface area contributed by atoms with Crippen LogP contribution in [0.3, 0.4) is 0 Å². The Morgan fingerprint density at radius 1 is 1.27 bits per heavy atom. The predicted octanol–water partition coefficient (Wildman–Crippen LogP) is 1.91. The number of hydrogen-bond donors (Lipinski definition) is 3. The first-order valence-corrected chi connectivity index (χ1v) is 4.96. The third-order valence-corrected chi connectivity index (χ3v) is 2.49. The predicted molar refractivity (Wildman–Crippen MR) is 62.5 cm³/mol. The molecule has 4 N–H and O–H groups in total. The number of aromatic amines is 1. The molecule has 0 aliphatic rings. The standard InChI is InChI=1S/C12H15N3/c1-14-12(10-5-6-15-8-10)9-3-2-4-11(13)7-9/h2-8,12,14-15H,13H2,1H3. The Hall–Kier alpha value is -1.74. The van der Waals surface area contributed by atoms with E-state index in [-0.39, 0.29) is 6.04 Å². The lowest BCUT2D eigenvalue weighted by Crippen LogP contribution is -2.17. The highest BCUT2D eigenvalue weighted by Crippen LogP contribution is 2.22. The van der Waals surface area contributed by atoms with E-state index in [4.69, 9.17) is 5.73 Å². The minimum Gasteiger partial charge on any atom is -0.399 e. The Morgan fingerprint density at radius 2 is 2.13 bits per heavy atom. The number of benzene rings is 1. The molecule has 0 aliphatic heterocycles. The minimum atomic E-state index is 0.194. The van der Waals surface area contributed by atoms with E-state index in [0.29, 0.717) is 0 Å². The minimum absolute atomic E-state index is 0.194. The van der Waals surface area contributed by atoms with Gasteiger partial charge in [0.05, 0.1) is 6.04 Å². The smallest absolute Gasteiger partial charge is 0.0589 e. The number of hydrogen-bond acceptors (Lipinski definition) is 2. The number of nitrogens with one attached hydrogen (secondary N) is 2. The molecular formula is C12H15N3. The lowest BCUT2D eigenvalue weighted by molar-refractivity contribution is 0.693. The second-order valence-corrected chi connectivity index (χ2v) is 3.54. The molecule has 78 valence electrons. The van der Waals surface area contributed by atoms with Crippen molar-refractivity contribution >= 4 is 5.69 Å². The highest BCUT2D eigenvalue weighted by atomic mass is 14.9. The molecule has 1 aromatic heterocycles. The van der Waals surface area contributed by atoms with Gasteiger partial charge in [-0.25, -0.2) is 0 Å². The zero-order valence-corrected chi connectivity index (χ0v) is 8.70. The van der Waals surface area contributed by atoms with Crippen LogP contribution >= 0.6 is 0 Å². The zero-order valence-electron chi connectivity index (χ0n) is 8.70. The van der Waals surface area contributed by atoms with Gasteiger partial charge in [-0.05, 0) is 36.4 Å². The van der Waals surface area contributed by atoms with Gasteiger partial charge in [0.15, 0.2) is 0 Å². The Labute approximate surface area is 89.3 Å². The molecule has 3 heteroatoms. The molecule has 0 amide bonds. The molecule has 0 radical (unpaired) electrons. The molecule has 0 aliphatic carbocycles. The Kier molecular flexibility index (Phi) is 2.74. The maximum Gasteiger partial charge on any atom is 0.0589 e. The van der Waals surface area contributed by atoms with Gasteiger partial charge < -0.3 is 16.0 Å². The molecule has 1 atom stereocenters. The van der Waals surface area contributed by atoms with Crippen molar-refractivity contribution in [3.8, 4) is 0 Å². The van der Waals surface area contributed by atoms with E-state index in [2.05, 4.69) is 22.4 Å². The van der Waals surface area contributed by atoms with Gasteiger partial charge in [0, 0.05) is 18.1 Å². The first kappa shape index (κ1) is 9.80. The van der Waals surface area contributed by atoms with Gasteiger partial charge in [-0.3, -0.25) is 0 Å². The number of H-pyrrole nitrogens is 1. The van der Waals surface area contributed by atoms with Crippen molar-refractivity contribution in [3.63, 3.8) is 0 Å². The van der Waals surface area contributed by atoms with Crippen LogP contribution in [0.5, 0.6) is 0 Å². The second-order valence-electron chi connectivity index (χ2n) is 3.54. The lowest BCUT2D eigenvalue weighted by atomic mass is 10.0. The van der Waals surface area contributed by atoms with Crippen LogP contribution in [0, 0.1) is 0 Å². The van der Waals surface area contributed by atoms with Gasteiger partial charge in [0.2, 0.25) is 0 Å². The monoisotopic (exact) mass is 201 g/mol. The van der Waals surface area contributed by atoms with E-state index in [1.807, 2.05) is 37.6 Å². The first-order chi connectivity index (χ1) is 7.31. The maximum absolute atomic E-state index is 5.77. The van der Waals surface area contributed by atoms with Crippen LogP contribution in [-0.2, 0) is 0 Å². The summed E-state index contributed by atoms with van der Waals surface area (Å²) in [6.45, 7) is 0. The molecule has 2 rings (SSSR count). The summed E-state index contributed by atoms with van der Waals surface area (Å²) in [5.74, 6) is 0. The number of aromatic nitrogens is 1. The van der Waals surface area contributed by atoms with Crippen LogP contribution in [0.25, 0.3) is 0 Å². The summed E-state index contributed by atoms with van der Waals surface area (Å²) in [7, 11) is 1.95. The highest BCUT2D eigenvalue weighted by molar-refractivity contribution is 5.43. The van der Waals surface area contributed by atoms with Gasteiger partial charge in [0.25, 0.3) is 0 Å². The summed E-state index contributed by atoms with van der Waals surface area (Å²) in [5, 5.41) is 3.27. The molecule has 2 aromatic rings. The van der Waals surface area contributed by atoms with Crippen LogP contribution < -0.4 is 11.1 Å². The fourth-order valence-electron chi connectivity index (χ4n) is 1.78. The Morgan fingerprint density at radius 3 is 2.73 bits per heavy atom. The van der Waals surface area contributed by atoms with Crippen molar-refractivity contribution in [1.29, 1.82) is 0 Å². The van der Waals surface area contributed by atoms with E-state index in [0.717, 1.165) is 5.69 Å². The van der Waals surface area contributed by atoms with Gasteiger partial charge in [0.1, 0.15) is 0 Å². The number of nitrogen functional groups attached to an aromatic ring is 1. The molecule has 15 heavy (non-hydrogen) atoms. The van der Waals surface area contributed by atoms with Gasteiger partial charge >= 0.3 is 0 Å². The van der Waals surface area contributed by atoms with Gasteiger partial charge in [-0.1, -0.05) is 12.1 Å². The number of anilines is 1. The largest absolute Gasteiger partial charge is 0.399 e. The quantitative estimate of drug-likeness (QED) is 0.664. The first-order valence-electron chi connectivity index (χ1n) is 4.96. The van der Waals surface area contributed by atoms with Crippen LogP contribution in [0.1, 0.15) is 17.2 Å². The third kappa shape index (κ3) is 2.02. The lowest BCUT2D eigenvalue weighted by Gasteiger charge is -2.15. The molecule has 3 nitrogen and oxygen atoms in total. The van der Waals surface area contributed by atoms with E-state index < -0.39 is 0 Å². The molecule has 1 heterocycles. The Bertz CT molecular complexity index is 420. The molecule has 0 bridgehead atoms. The van der Waals surface area contributed by atoms with Gasteiger partial charge in [-0.2, -0.15) is 0 Å². The Balaban J connectivity index is 2.35. The second kappa shape index (κ2) is 4.19. The van der Waals surface area contributed by atoms with Crippen molar-refractivity contribution in [2.45, 2.75) is 6.04 Å². The van der Waals surface area contributed by atoms with E-state index in [1.54, 1.807) is 0 Å². The van der Waals surface area contributed by atoms with Crippen LogP contribution in [0.2, 0.25) is 0 Å². The fraction of sp³-hybridized carbons (Fsp3) is 0.167. The normalized spacial score (nSPS) is 12.6. The fourth-order valence-corrected chi connectivity index (χ4v) is 1.78. The summed E-state index contributed by atoms with van der Waals surface area (Å²) in [4.78, 5) is 3.06. The third-order valence-electron chi connectivity index (χ3n) is 2.49. The van der Waals surface area contributed by atoms with E-state index in [1.165, 1.54) is 11.1 Å². The molecule has 1 aromatic carbocycles. The summed E-state index contributed by atoms with van der Waals surface area (Å²) < 4.78 is 0. The SMILES string of the molecule is CNC(c1cc[nH]c1)c1cccc(N)c1. The highest BCUT2D eigenvalue weighted by Gasteiger charge is 2.11. The molecule has 1 unspecified atom stereocenters. The van der Waals surface area contributed by atoms with Crippen LogP contribution in [0.15, 0.2) is 42.7 Å². The maximum atomic E-state index is 5.77. The summed E-state index contributed by atoms with van der Waals surface area (Å²) in [6.07, 6.45) is 3.91. The van der Waals surface area contributed by atoms with Crippen molar-refractivity contribution in [1.82, 2.24) is 10.3 Å². The van der Waals surface area contributed by atoms with E-state index in [9.17, 15) is 0 Å². The molecule has 0 fully saturated rings. The van der Waals surface area contributed by atoms with Crippen molar-refractivity contribution in [2.24, 2.45) is 0 Å². The average Bonchev–Trinajstić information content (AvgIpc) is 2.72. The zero-order chi connectivity index (χ0) is 10.7. The van der Waals surface area contributed by atoms with Crippen molar-refractivity contribution in [2.75, 3.05) is 12.8 Å². The van der Waals surface area contributed by atoms with Crippen molar-refractivity contribution in [3.05, 3.63) is 53.9 Å². The average molecular weight is 201 g/mol.